The Bertz CT molecular complexity index is 539. The van der Waals surface area contributed by atoms with Gasteiger partial charge < -0.3 is 10.1 Å². The van der Waals surface area contributed by atoms with Gasteiger partial charge in [-0.1, -0.05) is 30.3 Å². The smallest absolute Gasteiger partial charge is 0.411 e. The van der Waals surface area contributed by atoms with Crippen LogP contribution in [-0.2, 0) is 9.53 Å². The number of ether oxygens (including phenoxy) is 1. The van der Waals surface area contributed by atoms with Crippen LogP contribution in [0.5, 0.6) is 0 Å². The van der Waals surface area contributed by atoms with Crippen molar-refractivity contribution in [2.45, 2.75) is 25.8 Å². The van der Waals surface area contributed by atoms with Gasteiger partial charge in [-0.05, 0) is 25.3 Å². The molecule has 0 spiro atoms. The summed E-state index contributed by atoms with van der Waals surface area (Å²) in [6, 6.07) is 9.65. The van der Waals surface area contributed by atoms with E-state index in [-0.39, 0.29) is 12.6 Å². The number of nitrogens with one attached hydrogen (secondary N) is 1. The number of benzene rings is 1. The maximum atomic E-state index is 11.7. The molecule has 0 aliphatic carbocycles. The highest BCUT2D eigenvalue weighted by atomic mass is 16.6. The van der Waals surface area contributed by atoms with Gasteiger partial charge in [0.2, 0.25) is 0 Å². The quantitative estimate of drug-likeness (QED) is 0.394. The first kappa shape index (κ1) is 14.0. The van der Waals surface area contributed by atoms with Gasteiger partial charge in [0.1, 0.15) is 0 Å². The lowest BCUT2D eigenvalue weighted by Crippen LogP contribution is -2.22. The van der Waals surface area contributed by atoms with Gasteiger partial charge in [-0.3, -0.25) is 10.1 Å². The molecule has 6 heteroatoms. The predicted molar refractivity (Wildman–Crippen MR) is 72.2 cm³/mol. The van der Waals surface area contributed by atoms with Gasteiger partial charge in [0, 0.05) is 0 Å². The Labute approximate surface area is 116 Å². The van der Waals surface area contributed by atoms with Crippen LogP contribution in [0.15, 0.2) is 41.7 Å². The summed E-state index contributed by atoms with van der Waals surface area (Å²) in [7, 11) is 0. The van der Waals surface area contributed by atoms with E-state index in [1.165, 1.54) is 0 Å². The van der Waals surface area contributed by atoms with Crippen molar-refractivity contribution in [3.8, 4) is 0 Å². The monoisotopic (exact) mass is 276 g/mol. The second kappa shape index (κ2) is 6.18. The molecule has 1 N–H and O–H groups in total. The largest absolute Gasteiger partial charge is 0.458 e. The molecular formula is C14H16N2O4. The molecular weight excluding hydrogens is 260 g/mol. The molecule has 106 valence electrons. The second-order valence-corrected chi connectivity index (χ2v) is 4.45. The molecule has 1 aliphatic heterocycles. The van der Waals surface area contributed by atoms with Crippen molar-refractivity contribution < 1.29 is 14.5 Å². The van der Waals surface area contributed by atoms with E-state index in [0.29, 0.717) is 12.1 Å². The highest BCUT2D eigenvalue weighted by Crippen LogP contribution is 2.30. The Morgan fingerprint density at radius 1 is 1.45 bits per heavy atom. The Kier molecular flexibility index (Phi) is 4.34. The van der Waals surface area contributed by atoms with Crippen LogP contribution in [0, 0.1) is 10.1 Å². The van der Waals surface area contributed by atoms with E-state index < -0.39 is 16.6 Å². The van der Waals surface area contributed by atoms with Crippen LogP contribution >= 0.6 is 0 Å². The maximum Gasteiger partial charge on any atom is 0.411 e. The normalized spacial score (nSPS) is 20.1. The average molecular weight is 276 g/mol. The molecule has 0 radical (unpaired) electrons. The van der Waals surface area contributed by atoms with Gasteiger partial charge in [0.15, 0.2) is 0 Å². The fourth-order valence-corrected chi connectivity index (χ4v) is 2.27. The molecule has 0 saturated carbocycles. The molecule has 1 aromatic rings. The molecule has 6 nitrogen and oxygen atoms in total. The number of esters is 1. The summed E-state index contributed by atoms with van der Waals surface area (Å²) in [6.07, 6.45) is 1.19. The zero-order valence-electron chi connectivity index (χ0n) is 11.2. The molecule has 20 heavy (non-hydrogen) atoms. The number of carbonyl (C=O) groups is 1. The molecule has 2 rings (SSSR count). The number of allylic oxidation sites excluding steroid dienone is 1. The number of hydrogen-bond acceptors (Lipinski definition) is 5. The van der Waals surface area contributed by atoms with Crippen LogP contribution in [0.1, 0.15) is 31.4 Å². The third-order valence-electron chi connectivity index (χ3n) is 3.17. The first-order valence-corrected chi connectivity index (χ1v) is 6.49. The second-order valence-electron chi connectivity index (χ2n) is 4.45. The van der Waals surface area contributed by atoms with Gasteiger partial charge in [0.25, 0.3) is 0 Å². The molecule has 0 bridgehead atoms. The van der Waals surface area contributed by atoms with Gasteiger partial charge in [-0.15, -0.1) is 0 Å². The van der Waals surface area contributed by atoms with Crippen molar-refractivity contribution in [2.24, 2.45) is 0 Å². The van der Waals surface area contributed by atoms with Crippen LogP contribution in [0.2, 0.25) is 0 Å². The van der Waals surface area contributed by atoms with Crippen LogP contribution in [0.3, 0.4) is 0 Å². The highest BCUT2D eigenvalue weighted by molar-refractivity contribution is 5.86. The van der Waals surface area contributed by atoms with Gasteiger partial charge in [0.05, 0.1) is 23.3 Å². The fourth-order valence-electron chi connectivity index (χ4n) is 2.27. The van der Waals surface area contributed by atoms with E-state index >= 15 is 0 Å². The minimum Gasteiger partial charge on any atom is -0.458 e. The van der Waals surface area contributed by atoms with Gasteiger partial charge >= 0.3 is 11.7 Å². The Hall–Kier alpha value is -2.37. The first-order valence-electron chi connectivity index (χ1n) is 6.49. The lowest BCUT2D eigenvalue weighted by molar-refractivity contribution is -0.422. The van der Waals surface area contributed by atoms with E-state index in [9.17, 15) is 14.9 Å². The van der Waals surface area contributed by atoms with E-state index in [2.05, 4.69) is 5.32 Å². The van der Waals surface area contributed by atoms with Crippen molar-refractivity contribution in [1.29, 1.82) is 0 Å². The zero-order valence-corrected chi connectivity index (χ0v) is 11.2. The number of rotatable bonds is 4. The summed E-state index contributed by atoms with van der Waals surface area (Å²) >= 11 is 0. The summed E-state index contributed by atoms with van der Waals surface area (Å²) in [6.45, 7) is 1.74. The Balaban J connectivity index is 2.22. The third-order valence-corrected chi connectivity index (χ3v) is 3.17. The van der Waals surface area contributed by atoms with Crippen LogP contribution in [-0.4, -0.2) is 17.5 Å². The van der Waals surface area contributed by atoms with Crippen molar-refractivity contribution in [3.63, 3.8) is 0 Å². The van der Waals surface area contributed by atoms with Crippen molar-refractivity contribution in [2.75, 3.05) is 6.61 Å². The standard InChI is InChI=1S/C14H16N2O4/c1-2-20-14(17)13(16(18)19)12-9-8-11(15-12)10-6-4-3-5-7-10/h3-7,11,15H,2,8-9H2,1H3/b13-12-. The fraction of sp³-hybridized carbons (Fsp3) is 0.357. The van der Waals surface area contributed by atoms with E-state index in [1.54, 1.807) is 6.92 Å². The molecule has 1 aliphatic rings. The third kappa shape index (κ3) is 2.96. The topological polar surface area (TPSA) is 81.5 Å². The van der Waals surface area contributed by atoms with Crippen LogP contribution in [0.4, 0.5) is 0 Å². The van der Waals surface area contributed by atoms with Crippen molar-refractivity contribution in [3.05, 3.63) is 57.4 Å². The average Bonchev–Trinajstić information content (AvgIpc) is 2.89. The van der Waals surface area contributed by atoms with Gasteiger partial charge in [-0.25, -0.2) is 4.79 Å². The molecule has 1 aromatic carbocycles. The van der Waals surface area contributed by atoms with E-state index in [0.717, 1.165) is 12.0 Å². The highest BCUT2D eigenvalue weighted by Gasteiger charge is 2.33. The number of hydrogen-bond donors (Lipinski definition) is 1. The molecule has 1 saturated heterocycles. The molecule has 0 amide bonds. The van der Waals surface area contributed by atoms with Crippen LogP contribution < -0.4 is 5.32 Å². The minimum atomic E-state index is -0.881. The SMILES string of the molecule is CCOC(=O)/C(=C1\CCC(c2ccccc2)N1)[N+](=O)[O-]. The van der Waals surface area contributed by atoms with Crippen LogP contribution in [0.25, 0.3) is 0 Å². The Morgan fingerprint density at radius 3 is 2.75 bits per heavy atom. The lowest BCUT2D eigenvalue weighted by atomic mass is 10.1. The summed E-state index contributed by atoms with van der Waals surface area (Å²) in [5.41, 5.74) is 0.918. The molecule has 1 fully saturated rings. The summed E-state index contributed by atoms with van der Waals surface area (Å²) < 4.78 is 4.74. The lowest BCUT2D eigenvalue weighted by Gasteiger charge is -2.11. The van der Waals surface area contributed by atoms with Gasteiger partial charge in [-0.2, -0.15) is 0 Å². The predicted octanol–water partition coefficient (Wildman–Crippen LogP) is 2.16. The number of nitro groups is 1. The van der Waals surface area contributed by atoms with E-state index in [4.69, 9.17) is 4.74 Å². The maximum absolute atomic E-state index is 11.7. The van der Waals surface area contributed by atoms with Crippen molar-refractivity contribution >= 4 is 5.97 Å². The molecule has 1 atom stereocenters. The molecule has 1 unspecified atom stereocenters. The summed E-state index contributed by atoms with van der Waals surface area (Å²) in [5.74, 6) is -0.881. The summed E-state index contributed by atoms with van der Waals surface area (Å²) in [4.78, 5) is 22.0. The molecule has 1 heterocycles. The Morgan fingerprint density at radius 2 is 2.15 bits per heavy atom. The number of nitrogens with zero attached hydrogens (tertiary/aromatic N) is 1. The number of carbonyl (C=O) groups excluding carboxylic acids is 1. The van der Waals surface area contributed by atoms with E-state index in [1.807, 2.05) is 30.3 Å². The van der Waals surface area contributed by atoms with Crippen molar-refractivity contribution in [1.82, 2.24) is 5.32 Å². The molecule has 0 aromatic heterocycles. The zero-order chi connectivity index (χ0) is 14.5. The summed E-state index contributed by atoms with van der Waals surface area (Å²) in [5, 5.41) is 14.1. The first-order chi connectivity index (χ1) is 9.63. The minimum absolute atomic E-state index is 0.00410.